The summed E-state index contributed by atoms with van der Waals surface area (Å²) >= 11 is 0. The van der Waals surface area contributed by atoms with E-state index in [9.17, 15) is 9.59 Å². The average Bonchev–Trinajstić information content (AvgIpc) is 3.08. The van der Waals surface area contributed by atoms with E-state index in [4.69, 9.17) is 4.98 Å². The molecule has 0 N–H and O–H groups in total. The Kier molecular flexibility index (Phi) is 3.88. The molecule has 0 saturated carbocycles. The van der Waals surface area contributed by atoms with Crippen molar-refractivity contribution in [2.45, 2.75) is 6.54 Å². The third-order valence-corrected chi connectivity index (χ3v) is 4.46. The highest BCUT2D eigenvalue weighted by molar-refractivity contribution is 5.87. The number of fused-ring (bicyclic) bond motifs is 2. The zero-order valence-electron chi connectivity index (χ0n) is 15.5. The molecule has 0 unspecified atom stereocenters. The summed E-state index contributed by atoms with van der Waals surface area (Å²) in [5, 5.41) is 0.812. The van der Waals surface area contributed by atoms with E-state index in [0.29, 0.717) is 23.8 Å². The summed E-state index contributed by atoms with van der Waals surface area (Å²) in [7, 11) is 6.95. The molecule has 0 atom stereocenters. The predicted molar refractivity (Wildman–Crippen MR) is 102 cm³/mol. The maximum Gasteiger partial charge on any atom is 0.332 e. The third-order valence-electron chi connectivity index (χ3n) is 4.46. The fraction of sp³-hybridized carbons (Fsp3) is 0.278. The molecule has 3 heterocycles. The zero-order chi connectivity index (χ0) is 19.3. The van der Waals surface area contributed by atoms with Gasteiger partial charge in [0.05, 0.1) is 12.1 Å². The van der Waals surface area contributed by atoms with Crippen molar-refractivity contribution in [2.75, 3.05) is 14.1 Å². The topological polar surface area (TPSA) is 90.8 Å². The summed E-state index contributed by atoms with van der Waals surface area (Å²) in [6.45, 7) is 0.561. The van der Waals surface area contributed by atoms with Crippen LogP contribution in [0.1, 0.15) is 5.82 Å². The summed E-state index contributed by atoms with van der Waals surface area (Å²) in [5.41, 5.74) is 0.564. The van der Waals surface area contributed by atoms with Gasteiger partial charge in [0.2, 0.25) is 0 Å². The Morgan fingerprint density at radius 3 is 2.52 bits per heavy atom. The zero-order valence-corrected chi connectivity index (χ0v) is 15.5. The number of para-hydroxylation sites is 1. The lowest BCUT2D eigenvalue weighted by atomic mass is 10.2. The monoisotopic (exact) mass is 365 g/mol. The van der Waals surface area contributed by atoms with Gasteiger partial charge in [-0.25, -0.2) is 19.7 Å². The van der Waals surface area contributed by atoms with Crippen molar-refractivity contribution in [1.29, 1.82) is 0 Å². The molecular weight excluding hydrogens is 346 g/mol. The minimum Gasteiger partial charge on any atom is -0.302 e. The van der Waals surface area contributed by atoms with E-state index in [1.807, 2.05) is 43.3 Å². The molecule has 0 aliphatic heterocycles. The lowest BCUT2D eigenvalue weighted by Crippen LogP contribution is -2.37. The first kappa shape index (κ1) is 17.1. The number of benzene rings is 1. The van der Waals surface area contributed by atoms with E-state index in [1.54, 1.807) is 11.6 Å². The van der Waals surface area contributed by atoms with Gasteiger partial charge in [-0.2, -0.15) is 0 Å². The number of aryl methyl sites for hydroxylation is 1. The first-order chi connectivity index (χ1) is 12.9. The van der Waals surface area contributed by atoms with Crippen LogP contribution in [0.25, 0.3) is 27.9 Å². The molecule has 27 heavy (non-hydrogen) atoms. The molecule has 0 aliphatic carbocycles. The van der Waals surface area contributed by atoms with Crippen LogP contribution in [0, 0.1) is 0 Å². The highest BCUT2D eigenvalue weighted by Gasteiger charge is 2.18. The van der Waals surface area contributed by atoms with Crippen molar-refractivity contribution < 1.29 is 0 Å². The summed E-state index contributed by atoms with van der Waals surface area (Å²) in [6.07, 6.45) is 1.53. The van der Waals surface area contributed by atoms with Crippen molar-refractivity contribution >= 4 is 22.1 Å². The first-order valence-electron chi connectivity index (χ1n) is 8.42. The van der Waals surface area contributed by atoms with Crippen LogP contribution in [-0.2, 0) is 20.6 Å². The van der Waals surface area contributed by atoms with Gasteiger partial charge in [0.15, 0.2) is 17.0 Å². The van der Waals surface area contributed by atoms with E-state index >= 15 is 0 Å². The van der Waals surface area contributed by atoms with Crippen LogP contribution in [-0.4, -0.2) is 47.6 Å². The SMILES string of the molecule is CN(C)Cc1nc(-n2cnc3c(=O)n(C)c(=O)n(C)c32)c2ccccc2n1. The van der Waals surface area contributed by atoms with Crippen molar-refractivity contribution in [3.63, 3.8) is 0 Å². The molecule has 4 aromatic rings. The van der Waals surface area contributed by atoms with Crippen LogP contribution in [0.5, 0.6) is 0 Å². The Balaban J connectivity index is 2.11. The normalized spacial score (nSPS) is 11.7. The Bertz CT molecular complexity index is 1300. The molecule has 4 rings (SSSR count). The minimum atomic E-state index is -0.432. The molecule has 0 saturated heterocycles. The quantitative estimate of drug-likeness (QED) is 0.523. The molecule has 0 bridgehead atoms. The first-order valence-corrected chi connectivity index (χ1v) is 8.42. The smallest absolute Gasteiger partial charge is 0.302 e. The van der Waals surface area contributed by atoms with E-state index < -0.39 is 11.2 Å². The number of aromatic nitrogens is 6. The Morgan fingerprint density at radius 1 is 1.04 bits per heavy atom. The summed E-state index contributed by atoms with van der Waals surface area (Å²) in [4.78, 5) is 40.4. The van der Waals surface area contributed by atoms with Crippen LogP contribution in [0.4, 0.5) is 0 Å². The van der Waals surface area contributed by atoms with Crippen LogP contribution in [0.3, 0.4) is 0 Å². The average molecular weight is 365 g/mol. The van der Waals surface area contributed by atoms with Crippen molar-refractivity contribution in [3.05, 3.63) is 57.3 Å². The number of hydrogen-bond donors (Lipinski definition) is 0. The summed E-state index contributed by atoms with van der Waals surface area (Å²) < 4.78 is 4.14. The third kappa shape index (κ3) is 2.63. The number of rotatable bonds is 3. The number of hydrogen-bond acceptors (Lipinski definition) is 6. The second-order valence-electron chi connectivity index (χ2n) is 6.71. The fourth-order valence-corrected chi connectivity index (χ4v) is 3.17. The van der Waals surface area contributed by atoms with Gasteiger partial charge >= 0.3 is 5.69 Å². The van der Waals surface area contributed by atoms with Gasteiger partial charge in [0.1, 0.15) is 12.2 Å². The molecule has 0 amide bonds. The van der Waals surface area contributed by atoms with Gasteiger partial charge in [-0.15, -0.1) is 0 Å². The van der Waals surface area contributed by atoms with Crippen LogP contribution >= 0.6 is 0 Å². The molecule has 0 spiro atoms. The summed E-state index contributed by atoms with van der Waals surface area (Å²) in [6, 6.07) is 7.64. The predicted octanol–water partition coefficient (Wildman–Crippen LogP) is 0.428. The lowest BCUT2D eigenvalue weighted by molar-refractivity contribution is 0.391. The maximum atomic E-state index is 12.5. The standard InChI is InChI=1S/C18H19N7O2/c1-22(2)9-13-20-12-8-6-5-7-11(12)15(21-13)25-10-19-14-16(25)23(3)18(27)24(4)17(14)26/h5-8,10H,9H2,1-4H3. The van der Waals surface area contributed by atoms with Crippen molar-refractivity contribution in [2.24, 2.45) is 14.1 Å². The van der Waals surface area contributed by atoms with Gasteiger partial charge in [-0.05, 0) is 26.2 Å². The largest absolute Gasteiger partial charge is 0.332 e. The molecule has 0 radical (unpaired) electrons. The van der Waals surface area contributed by atoms with Gasteiger partial charge in [0, 0.05) is 19.5 Å². The minimum absolute atomic E-state index is 0.219. The molecule has 3 aromatic heterocycles. The molecular formula is C18H19N7O2. The van der Waals surface area contributed by atoms with E-state index in [1.165, 1.54) is 17.9 Å². The maximum absolute atomic E-state index is 12.5. The van der Waals surface area contributed by atoms with Gasteiger partial charge in [-0.1, -0.05) is 12.1 Å². The number of nitrogens with zero attached hydrogens (tertiary/aromatic N) is 7. The highest BCUT2D eigenvalue weighted by atomic mass is 16.2. The Hall–Kier alpha value is -3.33. The molecule has 0 fully saturated rings. The summed E-state index contributed by atoms with van der Waals surface area (Å²) in [5.74, 6) is 1.23. The fourth-order valence-electron chi connectivity index (χ4n) is 3.17. The second kappa shape index (κ2) is 6.13. The molecule has 9 nitrogen and oxygen atoms in total. The van der Waals surface area contributed by atoms with Gasteiger partial charge in [-0.3, -0.25) is 18.5 Å². The molecule has 0 aliphatic rings. The Morgan fingerprint density at radius 2 is 1.78 bits per heavy atom. The van der Waals surface area contributed by atoms with Crippen molar-refractivity contribution in [3.8, 4) is 5.82 Å². The number of imidazole rings is 1. The van der Waals surface area contributed by atoms with Gasteiger partial charge < -0.3 is 4.90 Å². The van der Waals surface area contributed by atoms with Crippen LogP contribution in [0.2, 0.25) is 0 Å². The highest BCUT2D eigenvalue weighted by Crippen LogP contribution is 2.22. The van der Waals surface area contributed by atoms with Crippen LogP contribution < -0.4 is 11.2 Å². The van der Waals surface area contributed by atoms with E-state index in [2.05, 4.69) is 9.97 Å². The molecule has 1 aromatic carbocycles. The lowest BCUT2D eigenvalue weighted by Gasteiger charge is -2.13. The van der Waals surface area contributed by atoms with Gasteiger partial charge in [0.25, 0.3) is 5.56 Å². The van der Waals surface area contributed by atoms with E-state index in [-0.39, 0.29) is 5.52 Å². The molecule has 138 valence electrons. The molecule has 9 heteroatoms. The van der Waals surface area contributed by atoms with Crippen LogP contribution in [0.15, 0.2) is 40.2 Å². The second-order valence-corrected chi connectivity index (χ2v) is 6.71. The van der Waals surface area contributed by atoms with Crippen molar-refractivity contribution in [1.82, 2.24) is 33.6 Å². The Labute approximate surface area is 154 Å². The van der Waals surface area contributed by atoms with E-state index in [0.717, 1.165) is 15.5 Å².